The average molecular weight is 283 g/mol. The number of nitrogens with two attached hydrogens (primary N) is 1. The first-order valence-electron chi connectivity index (χ1n) is 5.71. The van der Waals surface area contributed by atoms with E-state index in [1.54, 1.807) is 11.3 Å². The second kappa shape index (κ2) is 4.27. The van der Waals surface area contributed by atoms with Gasteiger partial charge in [-0.1, -0.05) is 12.1 Å². The predicted molar refractivity (Wildman–Crippen MR) is 71.4 cm³/mol. The number of rotatable bonds is 2. The fraction of sp³-hybridized carbons (Fsp3) is 0.364. The second-order valence-corrected chi connectivity index (χ2v) is 6.89. The zero-order chi connectivity index (χ0) is 12.8. The number of benzene rings is 1. The molecule has 1 atom stereocenters. The first kappa shape index (κ1) is 12.0. The van der Waals surface area contributed by atoms with Crippen molar-refractivity contribution >= 4 is 31.8 Å². The van der Waals surface area contributed by atoms with E-state index in [9.17, 15) is 8.42 Å². The second-order valence-electron chi connectivity index (χ2n) is 4.33. The van der Waals surface area contributed by atoms with Crippen LogP contribution < -0.4 is 5.14 Å². The van der Waals surface area contributed by atoms with Crippen molar-refractivity contribution in [3.63, 3.8) is 0 Å². The first-order chi connectivity index (χ1) is 8.55. The van der Waals surface area contributed by atoms with Gasteiger partial charge >= 0.3 is 0 Å². The molecule has 3 rings (SSSR count). The van der Waals surface area contributed by atoms with Gasteiger partial charge in [0.15, 0.2) is 0 Å². The van der Waals surface area contributed by atoms with Crippen molar-refractivity contribution in [3.8, 4) is 0 Å². The summed E-state index contributed by atoms with van der Waals surface area (Å²) in [6.45, 7) is 0.486. The van der Waals surface area contributed by atoms with Gasteiger partial charge in [0.05, 0.1) is 16.3 Å². The Morgan fingerprint density at radius 3 is 2.89 bits per heavy atom. The summed E-state index contributed by atoms with van der Waals surface area (Å²) in [5, 5.41) is 6.07. The largest absolute Gasteiger partial charge is 0.277 e. The molecule has 1 saturated heterocycles. The van der Waals surface area contributed by atoms with Crippen LogP contribution in [-0.2, 0) is 10.2 Å². The summed E-state index contributed by atoms with van der Waals surface area (Å²) < 4.78 is 25.5. The van der Waals surface area contributed by atoms with Gasteiger partial charge in [-0.05, 0) is 25.0 Å². The Labute approximate surface area is 109 Å². The molecule has 0 saturated carbocycles. The highest BCUT2D eigenvalue weighted by atomic mass is 32.2. The monoisotopic (exact) mass is 283 g/mol. The van der Waals surface area contributed by atoms with Crippen molar-refractivity contribution in [2.45, 2.75) is 18.9 Å². The van der Waals surface area contributed by atoms with E-state index >= 15 is 0 Å². The Balaban J connectivity index is 2.03. The topological polar surface area (TPSA) is 76.3 Å². The van der Waals surface area contributed by atoms with E-state index in [1.807, 2.05) is 24.3 Å². The van der Waals surface area contributed by atoms with Crippen molar-refractivity contribution in [2.75, 3.05) is 6.54 Å². The van der Waals surface area contributed by atoms with Crippen LogP contribution in [0.3, 0.4) is 0 Å². The summed E-state index contributed by atoms with van der Waals surface area (Å²) in [5.41, 5.74) is 0.916. The molecule has 0 bridgehead atoms. The Bertz CT molecular complexity index is 647. The van der Waals surface area contributed by atoms with Gasteiger partial charge in [-0.25, -0.2) is 10.1 Å². The molecule has 7 heteroatoms. The van der Waals surface area contributed by atoms with Gasteiger partial charge in [0.1, 0.15) is 5.01 Å². The molecule has 2 heterocycles. The molecule has 0 amide bonds. The van der Waals surface area contributed by atoms with Crippen LogP contribution in [0.25, 0.3) is 10.2 Å². The molecule has 1 fully saturated rings. The van der Waals surface area contributed by atoms with Gasteiger partial charge in [0.2, 0.25) is 0 Å². The molecular weight excluding hydrogens is 270 g/mol. The zero-order valence-electron chi connectivity index (χ0n) is 9.61. The van der Waals surface area contributed by atoms with Gasteiger partial charge in [-0.15, -0.1) is 11.3 Å². The van der Waals surface area contributed by atoms with Crippen LogP contribution in [0.4, 0.5) is 0 Å². The fourth-order valence-electron chi connectivity index (χ4n) is 2.32. The van der Waals surface area contributed by atoms with Gasteiger partial charge in [-0.2, -0.15) is 12.7 Å². The van der Waals surface area contributed by atoms with Gasteiger partial charge in [-0.3, -0.25) is 0 Å². The molecule has 2 aromatic rings. The average Bonchev–Trinajstić information content (AvgIpc) is 2.94. The summed E-state index contributed by atoms with van der Waals surface area (Å²) >= 11 is 1.54. The lowest BCUT2D eigenvalue weighted by Gasteiger charge is -2.19. The van der Waals surface area contributed by atoms with E-state index < -0.39 is 10.2 Å². The molecule has 2 N–H and O–H groups in total. The molecular formula is C11H13N3O2S2. The third-order valence-electron chi connectivity index (χ3n) is 3.13. The van der Waals surface area contributed by atoms with Crippen molar-refractivity contribution in [2.24, 2.45) is 5.14 Å². The summed E-state index contributed by atoms with van der Waals surface area (Å²) in [5.74, 6) is 0. The van der Waals surface area contributed by atoms with Crippen LogP contribution in [0.1, 0.15) is 23.9 Å². The molecule has 96 valence electrons. The maximum atomic E-state index is 11.5. The van der Waals surface area contributed by atoms with E-state index in [-0.39, 0.29) is 6.04 Å². The smallest absolute Gasteiger partial charge is 0.239 e. The van der Waals surface area contributed by atoms with Crippen molar-refractivity contribution < 1.29 is 8.42 Å². The van der Waals surface area contributed by atoms with Gasteiger partial charge in [0, 0.05) is 6.54 Å². The highest BCUT2D eigenvalue weighted by Crippen LogP contribution is 2.37. The molecule has 0 unspecified atom stereocenters. The maximum Gasteiger partial charge on any atom is 0.277 e. The van der Waals surface area contributed by atoms with Gasteiger partial charge in [0.25, 0.3) is 10.2 Å². The SMILES string of the molecule is NS(=O)(=O)N1CCC[C@H]1c1nc2ccccc2s1. The third kappa shape index (κ3) is 2.03. The minimum Gasteiger partial charge on any atom is -0.239 e. The lowest BCUT2D eigenvalue weighted by Crippen LogP contribution is -2.36. The number of aromatic nitrogens is 1. The van der Waals surface area contributed by atoms with E-state index in [1.165, 1.54) is 4.31 Å². The number of thiazole rings is 1. The molecule has 0 spiro atoms. The van der Waals surface area contributed by atoms with E-state index in [2.05, 4.69) is 4.98 Å². The summed E-state index contributed by atoms with van der Waals surface area (Å²) in [6, 6.07) is 7.62. The maximum absolute atomic E-state index is 11.5. The van der Waals surface area contributed by atoms with Crippen molar-refractivity contribution in [1.82, 2.24) is 9.29 Å². The Hall–Kier alpha value is -1.02. The zero-order valence-corrected chi connectivity index (χ0v) is 11.2. The minimum absolute atomic E-state index is 0.197. The highest BCUT2D eigenvalue weighted by Gasteiger charge is 2.35. The predicted octanol–water partition coefficient (Wildman–Crippen LogP) is 1.64. The molecule has 0 radical (unpaired) electrons. The Kier molecular flexibility index (Phi) is 2.86. The lowest BCUT2D eigenvalue weighted by molar-refractivity contribution is 0.397. The van der Waals surface area contributed by atoms with Crippen LogP contribution in [0.5, 0.6) is 0 Å². The summed E-state index contributed by atoms with van der Waals surface area (Å²) in [4.78, 5) is 4.52. The van der Waals surface area contributed by atoms with E-state index in [0.29, 0.717) is 6.54 Å². The summed E-state index contributed by atoms with van der Waals surface area (Å²) in [7, 11) is -3.64. The van der Waals surface area contributed by atoms with Gasteiger partial charge < -0.3 is 0 Å². The van der Waals surface area contributed by atoms with Crippen LogP contribution in [0, 0.1) is 0 Å². The van der Waals surface area contributed by atoms with Crippen LogP contribution in [0.2, 0.25) is 0 Å². The Morgan fingerprint density at radius 1 is 1.39 bits per heavy atom. The summed E-state index contributed by atoms with van der Waals surface area (Å²) in [6.07, 6.45) is 1.62. The van der Waals surface area contributed by atoms with Crippen LogP contribution in [0.15, 0.2) is 24.3 Å². The minimum atomic E-state index is -3.64. The molecule has 1 aliphatic rings. The quantitative estimate of drug-likeness (QED) is 0.910. The Morgan fingerprint density at radius 2 is 2.17 bits per heavy atom. The van der Waals surface area contributed by atoms with E-state index in [4.69, 9.17) is 5.14 Å². The first-order valence-corrected chi connectivity index (χ1v) is 8.03. The number of hydrogen-bond donors (Lipinski definition) is 1. The highest BCUT2D eigenvalue weighted by molar-refractivity contribution is 7.86. The lowest BCUT2D eigenvalue weighted by atomic mass is 10.2. The number of para-hydroxylation sites is 1. The van der Waals surface area contributed by atoms with Crippen LogP contribution >= 0.6 is 11.3 Å². The normalized spacial score (nSPS) is 21.7. The third-order valence-corrected chi connectivity index (χ3v) is 5.35. The fourth-order valence-corrected chi connectivity index (χ4v) is 4.45. The molecule has 5 nitrogen and oxygen atoms in total. The molecule has 1 aromatic carbocycles. The number of nitrogens with zero attached hydrogens (tertiary/aromatic N) is 2. The number of hydrogen-bond acceptors (Lipinski definition) is 4. The molecule has 0 aliphatic carbocycles. The van der Waals surface area contributed by atoms with Crippen molar-refractivity contribution in [3.05, 3.63) is 29.3 Å². The molecule has 1 aliphatic heterocycles. The molecule has 1 aromatic heterocycles. The molecule has 18 heavy (non-hydrogen) atoms. The number of fused-ring (bicyclic) bond motifs is 1. The van der Waals surface area contributed by atoms with E-state index in [0.717, 1.165) is 28.1 Å². The van der Waals surface area contributed by atoms with Crippen molar-refractivity contribution in [1.29, 1.82) is 0 Å². The van der Waals surface area contributed by atoms with Crippen LogP contribution in [-0.4, -0.2) is 24.3 Å². The standard InChI is InChI=1S/C11H13N3O2S2/c12-18(15,16)14-7-3-5-9(14)11-13-8-4-1-2-6-10(8)17-11/h1-2,4,6,9H,3,5,7H2,(H2,12,15,16)/t9-/m0/s1.